The average Bonchev–Trinajstić information content (AvgIpc) is 1.63. The van der Waals surface area contributed by atoms with Gasteiger partial charge in [0, 0.05) is 12.4 Å². The maximum Gasteiger partial charge on any atom is 1.00 e. The Kier molecular flexibility index (Phi) is 8.85. The summed E-state index contributed by atoms with van der Waals surface area (Å²) in [5.74, 6) is -0.367. The Bertz CT molecular complexity index is 153. The number of hydrogen-bond donors (Lipinski definition) is 1. The van der Waals surface area contributed by atoms with Crippen LogP contribution in [0.2, 0.25) is 0 Å². The zero-order valence-corrected chi connectivity index (χ0v) is 8.73. The molecule has 0 aromatic rings. The van der Waals surface area contributed by atoms with Crippen LogP contribution in [0, 0.1) is 0 Å². The molecule has 0 fully saturated rings. The molecule has 0 saturated carbocycles. The van der Waals surface area contributed by atoms with E-state index in [0.29, 0.717) is 6.42 Å². The molecule has 0 aromatic carbocycles. The van der Waals surface area contributed by atoms with Crippen LogP contribution in [0.15, 0.2) is 0 Å². The minimum Gasteiger partial charge on any atom is -0.748 e. The van der Waals surface area contributed by atoms with E-state index in [2.05, 4.69) is 0 Å². The molecule has 0 spiro atoms. The molecule has 0 aliphatic heterocycles. The van der Waals surface area contributed by atoms with E-state index < -0.39 is 10.1 Å². The fourth-order valence-electron chi connectivity index (χ4n) is 0.391. The van der Waals surface area contributed by atoms with Gasteiger partial charge in [0.25, 0.3) is 0 Å². The monoisotopic (exact) mass is 176 g/mol. The minimum atomic E-state index is -4.06. The number of aliphatic hydroxyl groups is 1. The van der Waals surface area contributed by atoms with Crippen molar-refractivity contribution in [3.63, 3.8) is 0 Å². The summed E-state index contributed by atoms with van der Waals surface area (Å²) < 4.78 is 29.6. The van der Waals surface area contributed by atoms with E-state index in [4.69, 9.17) is 5.11 Å². The van der Waals surface area contributed by atoms with Crippen molar-refractivity contribution in [1.29, 1.82) is 0 Å². The Balaban J connectivity index is 0. The summed E-state index contributed by atoms with van der Waals surface area (Å²) in [5, 5.41) is 8.17. The average molecular weight is 176 g/mol. The summed E-state index contributed by atoms with van der Waals surface area (Å²) >= 11 is 0. The normalized spacial score (nSPS) is 10.6. The van der Waals surface area contributed by atoms with Crippen LogP contribution >= 0.6 is 0 Å². The Labute approximate surface area is 82.7 Å². The molecule has 0 aromatic heterocycles. The van der Waals surface area contributed by atoms with Crippen molar-refractivity contribution in [2.75, 3.05) is 12.4 Å². The van der Waals surface area contributed by atoms with Gasteiger partial charge < -0.3 is 9.66 Å². The molecule has 0 saturated heterocycles. The smallest absolute Gasteiger partial charge is 0.748 e. The van der Waals surface area contributed by atoms with Crippen molar-refractivity contribution in [2.24, 2.45) is 0 Å². The van der Waals surface area contributed by atoms with Gasteiger partial charge in [-0.15, -0.1) is 0 Å². The molecule has 6 heteroatoms. The Morgan fingerprint density at radius 2 is 1.80 bits per heavy atom. The Morgan fingerprint density at radius 3 is 2.10 bits per heavy atom. The van der Waals surface area contributed by atoms with Crippen LogP contribution in [-0.2, 0) is 10.1 Å². The molecule has 4 nitrogen and oxygen atoms in total. The number of unbranched alkanes of at least 4 members (excludes halogenated alkanes) is 1. The summed E-state index contributed by atoms with van der Waals surface area (Å²) in [6.07, 6.45) is 0.629. The fourth-order valence-corrected chi connectivity index (χ4v) is 0.948. The van der Waals surface area contributed by atoms with Crippen LogP contribution in [0.5, 0.6) is 0 Å². The van der Waals surface area contributed by atoms with Crippen LogP contribution < -0.4 is 29.6 Å². The van der Waals surface area contributed by atoms with E-state index >= 15 is 0 Å². The molecule has 0 unspecified atom stereocenters. The third-order valence-electron chi connectivity index (χ3n) is 0.802. The third-order valence-corrected chi connectivity index (χ3v) is 1.59. The first-order valence-electron chi connectivity index (χ1n) is 2.60. The van der Waals surface area contributed by atoms with Crippen molar-refractivity contribution >= 4 is 10.1 Å². The number of aliphatic hydroxyl groups excluding tert-OH is 1. The van der Waals surface area contributed by atoms with E-state index in [0.717, 1.165) is 0 Å². The second-order valence-electron chi connectivity index (χ2n) is 1.69. The van der Waals surface area contributed by atoms with E-state index in [1.807, 2.05) is 0 Å². The third kappa shape index (κ3) is 11.6. The molecule has 0 aliphatic carbocycles. The largest absolute Gasteiger partial charge is 1.00 e. The topological polar surface area (TPSA) is 77.4 Å². The molecule has 0 aliphatic rings. The van der Waals surface area contributed by atoms with Crippen molar-refractivity contribution < 1.29 is 47.6 Å². The quantitative estimate of drug-likeness (QED) is 0.272. The molecular weight excluding hydrogens is 167 g/mol. The van der Waals surface area contributed by atoms with Gasteiger partial charge >= 0.3 is 29.6 Å². The first kappa shape index (κ1) is 13.5. The second-order valence-corrected chi connectivity index (χ2v) is 3.22. The van der Waals surface area contributed by atoms with Crippen LogP contribution in [0.3, 0.4) is 0 Å². The first-order valence-corrected chi connectivity index (χ1v) is 4.18. The minimum absolute atomic E-state index is 0. The number of rotatable bonds is 4. The van der Waals surface area contributed by atoms with Gasteiger partial charge in [0.2, 0.25) is 0 Å². The number of hydrogen-bond acceptors (Lipinski definition) is 4. The van der Waals surface area contributed by atoms with Crippen molar-refractivity contribution in [2.45, 2.75) is 12.8 Å². The van der Waals surface area contributed by atoms with Gasteiger partial charge in [-0.3, -0.25) is 0 Å². The molecule has 0 heterocycles. The van der Waals surface area contributed by atoms with Crippen molar-refractivity contribution in [1.82, 2.24) is 0 Å². The molecule has 56 valence electrons. The van der Waals surface area contributed by atoms with Crippen molar-refractivity contribution in [3.05, 3.63) is 0 Å². The molecular formula is C4H9NaO4S. The van der Waals surface area contributed by atoms with Gasteiger partial charge in [0.15, 0.2) is 0 Å². The van der Waals surface area contributed by atoms with Crippen LogP contribution in [0.4, 0.5) is 0 Å². The second kappa shape index (κ2) is 6.57. The van der Waals surface area contributed by atoms with Gasteiger partial charge in [-0.1, -0.05) is 0 Å². The van der Waals surface area contributed by atoms with Gasteiger partial charge in [-0.25, -0.2) is 8.42 Å². The molecule has 0 radical (unpaired) electrons. The summed E-state index contributed by atoms with van der Waals surface area (Å²) in [6, 6.07) is 0. The van der Waals surface area contributed by atoms with E-state index in [1.165, 1.54) is 0 Å². The van der Waals surface area contributed by atoms with Crippen LogP contribution in [0.1, 0.15) is 12.8 Å². The molecule has 1 N–H and O–H groups in total. The zero-order valence-electron chi connectivity index (χ0n) is 5.91. The fraction of sp³-hybridized carbons (Fsp3) is 1.00. The van der Waals surface area contributed by atoms with E-state index in [1.54, 1.807) is 0 Å². The summed E-state index contributed by atoms with van der Waals surface area (Å²) in [6.45, 7) is -0.0600. The van der Waals surface area contributed by atoms with Crippen LogP contribution in [-0.4, -0.2) is 30.4 Å². The van der Waals surface area contributed by atoms with E-state index in [-0.39, 0.29) is 48.3 Å². The SMILES string of the molecule is O=S(=O)([O-])CCCCO.[Na+]. The summed E-state index contributed by atoms with van der Waals surface area (Å²) in [5.41, 5.74) is 0. The maximum atomic E-state index is 9.87. The van der Waals surface area contributed by atoms with Gasteiger partial charge in [-0.05, 0) is 12.8 Å². The molecule has 0 amide bonds. The predicted octanol–water partition coefficient (Wildman–Crippen LogP) is -3.69. The Morgan fingerprint density at radius 1 is 1.30 bits per heavy atom. The molecule has 0 atom stereocenters. The van der Waals surface area contributed by atoms with Gasteiger partial charge in [0.1, 0.15) is 0 Å². The molecule has 0 bridgehead atoms. The summed E-state index contributed by atoms with van der Waals surface area (Å²) in [4.78, 5) is 0. The van der Waals surface area contributed by atoms with Crippen LogP contribution in [0.25, 0.3) is 0 Å². The molecule has 10 heavy (non-hydrogen) atoms. The predicted molar refractivity (Wildman–Crippen MR) is 30.9 cm³/mol. The maximum absolute atomic E-state index is 9.87. The standard InChI is InChI=1S/C4H10O4S.Na/c5-3-1-2-4-9(6,7)8;/h5H,1-4H2,(H,6,7,8);/q;+1/p-1. The van der Waals surface area contributed by atoms with E-state index in [9.17, 15) is 13.0 Å². The Hall–Kier alpha value is 0.870. The van der Waals surface area contributed by atoms with Crippen molar-refractivity contribution in [3.8, 4) is 0 Å². The zero-order chi connectivity index (χ0) is 7.33. The summed E-state index contributed by atoms with van der Waals surface area (Å²) in [7, 11) is -4.06. The molecule has 0 rings (SSSR count). The van der Waals surface area contributed by atoms with Gasteiger partial charge in [-0.2, -0.15) is 0 Å². The van der Waals surface area contributed by atoms with Gasteiger partial charge in [0.05, 0.1) is 10.1 Å². The first-order chi connectivity index (χ1) is 4.06.